The highest BCUT2D eigenvalue weighted by Crippen LogP contribution is 2.27. The van der Waals surface area contributed by atoms with E-state index in [1.807, 2.05) is 78.9 Å². The molecule has 1 unspecified atom stereocenters. The van der Waals surface area contributed by atoms with Crippen LogP contribution in [0.25, 0.3) is 0 Å². The summed E-state index contributed by atoms with van der Waals surface area (Å²) >= 11 is 6.10. The minimum absolute atomic E-state index is 0.000611. The minimum Gasteiger partial charge on any atom is -0.497 e. The smallest absolute Gasteiger partial charge is 0.223 e. The number of hydrogen-bond donors (Lipinski definition) is 1. The molecule has 1 aliphatic rings. The standard InChI is InChI=1S/C28H31ClN2O3/c1-33-25-13-9-22(10-14-25)27(21-7-11-24(29)12-8-21)30-28(32)23-15-17-31(18-16-23)19-20-34-26-5-3-2-4-6-26/h2-14,23,27H,15-20H2,1H3,(H,30,32). The van der Waals surface area contributed by atoms with Gasteiger partial charge in [0.2, 0.25) is 5.91 Å². The third-order valence-electron chi connectivity index (χ3n) is 6.32. The van der Waals surface area contributed by atoms with Gasteiger partial charge in [0.1, 0.15) is 18.1 Å². The van der Waals surface area contributed by atoms with E-state index in [4.69, 9.17) is 21.1 Å². The van der Waals surface area contributed by atoms with E-state index in [1.165, 1.54) is 0 Å². The zero-order chi connectivity index (χ0) is 23.8. The van der Waals surface area contributed by atoms with Gasteiger partial charge in [-0.05, 0) is 73.5 Å². The van der Waals surface area contributed by atoms with Crippen LogP contribution in [0, 0.1) is 5.92 Å². The summed E-state index contributed by atoms with van der Waals surface area (Å²) in [7, 11) is 1.65. The molecule has 34 heavy (non-hydrogen) atoms. The number of carbonyl (C=O) groups is 1. The number of benzene rings is 3. The Bertz CT molecular complexity index is 1030. The molecule has 0 saturated carbocycles. The summed E-state index contributed by atoms with van der Waals surface area (Å²) in [5, 5.41) is 3.96. The second kappa shape index (κ2) is 11.9. The fourth-order valence-corrected chi connectivity index (χ4v) is 4.42. The van der Waals surface area contributed by atoms with Crippen LogP contribution in [0.3, 0.4) is 0 Å². The zero-order valence-corrected chi connectivity index (χ0v) is 20.2. The first-order chi connectivity index (χ1) is 16.6. The average Bonchev–Trinajstić information content (AvgIpc) is 2.89. The van der Waals surface area contributed by atoms with E-state index >= 15 is 0 Å². The number of methoxy groups -OCH3 is 1. The van der Waals surface area contributed by atoms with Crippen LogP contribution in [0.4, 0.5) is 0 Å². The van der Waals surface area contributed by atoms with Crippen molar-refractivity contribution in [2.75, 3.05) is 33.4 Å². The Labute approximate surface area is 206 Å². The lowest BCUT2D eigenvalue weighted by Crippen LogP contribution is -2.42. The van der Waals surface area contributed by atoms with Crippen LogP contribution in [0.15, 0.2) is 78.9 Å². The van der Waals surface area contributed by atoms with E-state index in [0.29, 0.717) is 11.6 Å². The van der Waals surface area contributed by atoms with Crippen molar-refractivity contribution in [2.24, 2.45) is 5.92 Å². The summed E-state index contributed by atoms with van der Waals surface area (Å²) in [5.74, 6) is 1.77. The van der Waals surface area contributed by atoms with Crippen molar-refractivity contribution in [3.8, 4) is 11.5 Å². The number of rotatable bonds is 9. The van der Waals surface area contributed by atoms with Gasteiger partial charge >= 0.3 is 0 Å². The van der Waals surface area contributed by atoms with E-state index < -0.39 is 0 Å². The van der Waals surface area contributed by atoms with E-state index in [9.17, 15) is 4.79 Å². The number of nitrogens with zero attached hydrogens (tertiary/aromatic N) is 1. The SMILES string of the molecule is COc1ccc(C(NC(=O)C2CCN(CCOc3ccccc3)CC2)c2ccc(Cl)cc2)cc1. The van der Waals surface area contributed by atoms with Crippen molar-refractivity contribution in [3.05, 3.63) is 95.0 Å². The monoisotopic (exact) mass is 478 g/mol. The van der Waals surface area contributed by atoms with Gasteiger partial charge < -0.3 is 14.8 Å². The van der Waals surface area contributed by atoms with Crippen molar-refractivity contribution >= 4 is 17.5 Å². The molecule has 1 amide bonds. The lowest BCUT2D eigenvalue weighted by atomic mass is 9.93. The fraction of sp³-hybridized carbons (Fsp3) is 0.321. The third kappa shape index (κ3) is 6.52. The van der Waals surface area contributed by atoms with Crippen LogP contribution in [0.2, 0.25) is 5.02 Å². The predicted octanol–water partition coefficient (Wildman–Crippen LogP) is 5.35. The number of hydrogen-bond acceptors (Lipinski definition) is 4. The number of likely N-dealkylation sites (tertiary alicyclic amines) is 1. The van der Waals surface area contributed by atoms with Gasteiger partial charge in [0.25, 0.3) is 0 Å². The summed E-state index contributed by atoms with van der Waals surface area (Å²) in [6.45, 7) is 3.30. The Kier molecular flexibility index (Phi) is 8.45. The van der Waals surface area contributed by atoms with Crippen LogP contribution in [0.1, 0.15) is 30.0 Å². The molecular formula is C28H31ClN2O3. The molecule has 5 nitrogen and oxygen atoms in total. The summed E-state index contributed by atoms with van der Waals surface area (Å²) in [5.41, 5.74) is 2.00. The molecule has 0 bridgehead atoms. The number of nitrogens with one attached hydrogen (secondary N) is 1. The van der Waals surface area contributed by atoms with Gasteiger partial charge in [-0.25, -0.2) is 0 Å². The summed E-state index contributed by atoms with van der Waals surface area (Å²) in [4.78, 5) is 15.6. The van der Waals surface area contributed by atoms with Crippen molar-refractivity contribution < 1.29 is 14.3 Å². The molecular weight excluding hydrogens is 448 g/mol. The second-order valence-electron chi connectivity index (χ2n) is 8.54. The number of piperidine rings is 1. The molecule has 1 aliphatic heterocycles. The van der Waals surface area contributed by atoms with Crippen molar-refractivity contribution in [1.29, 1.82) is 0 Å². The highest BCUT2D eigenvalue weighted by atomic mass is 35.5. The molecule has 1 N–H and O–H groups in total. The Hall–Kier alpha value is -3.02. The number of halogens is 1. The number of amides is 1. The maximum absolute atomic E-state index is 13.2. The van der Waals surface area contributed by atoms with Gasteiger partial charge in [0.15, 0.2) is 0 Å². The van der Waals surface area contributed by atoms with Gasteiger partial charge in [-0.15, -0.1) is 0 Å². The molecule has 1 saturated heterocycles. The van der Waals surface area contributed by atoms with Gasteiger partial charge in [-0.3, -0.25) is 9.69 Å². The maximum Gasteiger partial charge on any atom is 0.223 e. The third-order valence-corrected chi connectivity index (χ3v) is 6.57. The topological polar surface area (TPSA) is 50.8 Å². The molecule has 1 atom stereocenters. The highest BCUT2D eigenvalue weighted by molar-refractivity contribution is 6.30. The molecule has 0 aromatic heterocycles. The van der Waals surface area contributed by atoms with Gasteiger partial charge in [-0.2, -0.15) is 0 Å². The molecule has 0 aliphatic carbocycles. The molecule has 178 valence electrons. The second-order valence-corrected chi connectivity index (χ2v) is 8.98. The van der Waals surface area contributed by atoms with Crippen LogP contribution in [0.5, 0.6) is 11.5 Å². The first-order valence-corrected chi connectivity index (χ1v) is 12.1. The largest absolute Gasteiger partial charge is 0.497 e. The zero-order valence-electron chi connectivity index (χ0n) is 19.5. The molecule has 6 heteroatoms. The Morgan fingerprint density at radius 2 is 1.56 bits per heavy atom. The van der Waals surface area contributed by atoms with Crippen LogP contribution in [-0.4, -0.2) is 44.2 Å². The summed E-state index contributed by atoms with van der Waals surface area (Å²) < 4.78 is 11.1. The number of carbonyl (C=O) groups excluding carboxylic acids is 1. The van der Waals surface area contributed by atoms with E-state index in [0.717, 1.165) is 55.1 Å². The molecule has 1 heterocycles. The number of para-hydroxylation sites is 1. The minimum atomic E-state index is -0.243. The van der Waals surface area contributed by atoms with Crippen molar-refractivity contribution in [2.45, 2.75) is 18.9 Å². The molecule has 1 fully saturated rings. The lowest BCUT2D eigenvalue weighted by Gasteiger charge is -2.32. The van der Waals surface area contributed by atoms with E-state index in [-0.39, 0.29) is 17.9 Å². The molecule has 0 spiro atoms. The van der Waals surface area contributed by atoms with Crippen LogP contribution >= 0.6 is 11.6 Å². The lowest BCUT2D eigenvalue weighted by molar-refractivity contribution is -0.127. The van der Waals surface area contributed by atoms with Crippen molar-refractivity contribution in [3.63, 3.8) is 0 Å². The Balaban J connectivity index is 1.33. The molecule has 4 rings (SSSR count). The number of ether oxygens (including phenoxy) is 2. The van der Waals surface area contributed by atoms with Crippen molar-refractivity contribution in [1.82, 2.24) is 10.2 Å². The summed E-state index contributed by atoms with van der Waals surface area (Å²) in [6.07, 6.45) is 1.68. The van der Waals surface area contributed by atoms with Gasteiger partial charge in [0, 0.05) is 17.5 Å². The highest BCUT2D eigenvalue weighted by Gasteiger charge is 2.27. The van der Waals surface area contributed by atoms with Gasteiger partial charge in [-0.1, -0.05) is 54.1 Å². The quantitative estimate of drug-likeness (QED) is 0.450. The first-order valence-electron chi connectivity index (χ1n) is 11.7. The maximum atomic E-state index is 13.2. The van der Waals surface area contributed by atoms with Crippen LogP contribution in [-0.2, 0) is 4.79 Å². The summed E-state index contributed by atoms with van der Waals surface area (Å²) in [6, 6.07) is 25.1. The van der Waals surface area contributed by atoms with Gasteiger partial charge in [0.05, 0.1) is 13.2 Å². The average molecular weight is 479 g/mol. The fourth-order valence-electron chi connectivity index (χ4n) is 4.30. The van der Waals surface area contributed by atoms with Crippen LogP contribution < -0.4 is 14.8 Å². The van der Waals surface area contributed by atoms with E-state index in [2.05, 4.69) is 10.2 Å². The Morgan fingerprint density at radius 3 is 2.18 bits per heavy atom. The first kappa shape index (κ1) is 24.1. The Morgan fingerprint density at radius 1 is 0.941 bits per heavy atom. The predicted molar refractivity (Wildman–Crippen MR) is 136 cm³/mol. The molecule has 3 aromatic rings. The molecule has 0 radical (unpaired) electrons. The normalized spacial score (nSPS) is 15.5. The molecule has 3 aromatic carbocycles. The van der Waals surface area contributed by atoms with E-state index in [1.54, 1.807) is 7.11 Å².